The first-order valence-corrected chi connectivity index (χ1v) is 3.64. The van der Waals surface area contributed by atoms with E-state index in [-0.39, 0.29) is 0 Å². The van der Waals surface area contributed by atoms with Gasteiger partial charge in [0.1, 0.15) is 0 Å². The molecule has 0 N–H and O–H groups in total. The first-order chi connectivity index (χ1) is 4.24. The second-order valence-corrected chi connectivity index (χ2v) is 3.38. The number of hydrogen-bond donors (Lipinski definition) is 0. The van der Waals surface area contributed by atoms with Crippen LogP contribution in [0.4, 0.5) is 0 Å². The van der Waals surface area contributed by atoms with Crippen LogP contribution in [-0.4, -0.2) is 6.29 Å². The maximum absolute atomic E-state index is 10.2. The van der Waals surface area contributed by atoms with Gasteiger partial charge in [0.05, 0.1) is 9.90 Å². The third kappa shape index (κ3) is 1.32. The van der Waals surface area contributed by atoms with Crippen molar-refractivity contribution >= 4 is 29.2 Å². The number of aryl methyl sites for hydroxylation is 1. The molecule has 0 radical (unpaired) electrons. The van der Waals surface area contributed by atoms with Crippen LogP contribution >= 0.6 is 22.9 Å². The highest BCUT2D eigenvalue weighted by atomic mass is 35.5. The highest BCUT2D eigenvalue weighted by Gasteiger charge is 2.00. The SMILES string of the molecule is Cc1cc(Cl)c(C=O)s1. The summed E-state index contributed by atoms with van der Waals surface area (Å²) in [5, 5.41) is 0.563. The normalized spacial score (nSPS) is 9.56. The molecule has 1 nitrogen and oxygen atoms in total. The van der Waals surface area contributed by atoms with Crippen molar-refractivity contribution < 1.29 is 4.79 Å². The van der Waals surface area contributed by atoms with E-state index in [1.165, 1.54) is 11.3 Å². The Morgan fingerprint density at radius 3 is 2.67 bits per heavy atom. The standard InChI is InChI=1S/C6H5ClOS/c1-4-2-5(7)6(3-8)9-4/h2-3H,1H3. The van der Waals surface area contributed by atoms with Crippen molar-refractivity contribution in [2.24, 2.45) is 0 Å². The van der Waals surface area contributed by atoms with Gasteiger partial charge in [-0.1, -0.05) is 11.6 Å². The molecule has 9 heavy (non-hydrogen) atoms. The number of hydrogen-bond acceptors (Lipinski definition) is 2. The van der Waals surface area contributed by atoms with E-state index in [1.54, 1.807) is 6.07 Å². The molecular weight excluding hydrogens is 156 g/mol. The smallest absolute Gasteiger partial charge is 0.161 e. The molecule has 1 rings (SSSR count). The first-order valence-electron chi connectivity index (χ1n) is 2.45. The average Bonchev–Trinajstić information content (AvgIpc) is 2.10. The predicted molar refractivity (Wildman–Crippen MR) is 39.5 cm³/mol. The Hall–Kier alpha value is -0.340. The van der Waals surface area contributed by atoms with E-state index in [4.69, 9.17) is 11.6 Å². The van der Waals surface area contributed by atoms with E-state index in [9.17, 15) is 4.79 Å². The van der Waals surface area contributed by atoms with Crippen LogP contribution in [0.5, 0.6) is 0 Å². The Bertz CT molecular complexity index is 229. The van der Waals surface area contributed by atoms with Crippen LogP contribution in [0.25, 0.3) is 0 Å². The minimum atomic E-state index is 0.563. The molecular formula is C6H5ClOS. The molecule has 0 amide bonds. The number of rotatable bonds is 1. The molecule has 0 aliphatic heterocycles. The van der Waals surface area contributed by atoms with Gasteiger partial charge in [0, 0.05) is 4.88 Å². The Kier molecular flexibility index (Phi) is 1.88. The van der Waals surface area contributed by atoms with Crippen LogP contribution in [0.15, 0.2) is 6.07 Å². The maximum Gasteiger partial charge on any atom is 0.161 e. The van der Waals surface area contributed by atoms with Gasteiger partial charge in [-0.3, -0.25) is 4.79 Å². The zero-order valence-corrected chi connectivity index (χ0v) is 6.42. The summed E-state index contributed by atoms with van der Waals surface area (Å²) in [7, 11) is 0. The number of carbonyl (C=O) groups is 1. The summed E-state index contributed by atoms with van der Waals surface area (Å²) in [5.41, 5.74) is 0. The summed E-state index contributed by atoms with van der Waals surface area (Å²) in [5.74, 6) is 0. The molecule has 0 aliphatic rings. The zero-order chi connectivity index (χ0) is 6.85. The quantitative estimate of drug-likeness (QED) is 0.577. The second kappa shape index (κ2) is 2.50. The topological polar surface area (TPSA) is 17.1 Å². The van der Waals surface area contributed by atoms with Crippen molar-refractivity contribution in [3.05, 3.63) is 20.8 Å². The van der Waals surface area contributed by atoms with E-state index in [0.29, 0.717) is 9.90 Å². The molecule has 0 aliphatic carbocycles. The number of aldehydes is 1. The molecule has 0 fully saturated rings. The van der Waals surface area contributed by atoms with Crippen molar-refractivity contribution in [1.82, 2.24) is 0 Å². The van der Waals surface area contributed by atoms with Gasteiger partial charge in [0.2, 0.25) is 0 Å². The van der Waals surface area contributed by atoms with E-state index in [0.717, 1.165) is 11.2 Å². The minimum Gasteiger partial charge on any atom is -0.297 e. The summed E-state index contributed by atoms with van der Waals surface area (Å²) >= 11 is 7.04. The van der Waals surface area contributed by atoms with Crippen molar-refractivity contribution in [3.8, 4) is 0 Å². The van der Waals surface area contributed by atoms with E-state index >= 15 is 0 Å². The molecule has 0 atom stereocenters. The fourth-order valence-corrected chi connectivity index (χ4v) is 1.70. The monoisotopic (exact) mass is 160 g/mol. The van der Waals surface area contributed by atoms with Gasteiger partial charge in [0.15, 0.2) is 6.29 Å². The third-order valence-corrected chi connectivity index (χ3v) is 2.34. The highest BCUT2D eigenvalue weighted by molar-refractivity contribution is 7.14. The fraction of sp³-hybridized carbons (Fsp3) is 0.167. The molecule has 0 bridgehead atoms. The zero-order valence-electron chi connectivity index (χ0n) is 4.85. The van der Waals surface area contributed by atoms with Crippen LogP contribution in [0.2, 0.25) is 5.02 Å². The Labute approximate surface area is 62.3 Å². The van der Waals surface area contributed by atoms with Crippen molar-refractivity contribution in [3.63, 3.8) is 0 Å². The van der Waals surface area contributed by atoms with Crippen LogP contribution in [-0.2, 0) is 0 Å². The van der Waals surface area contributed by atoms with Gasteiger partial charge >= 0.3 is 0 Å². The lowest BCUT2D eigenvalue weighted by atomic mass is 10.4. The lowest BCUT2D eigenvalue weighted by Gasteiger charge is -1.76. The molecule has 48 valence electrons. The van der Waals surface area contributed by atoms with Crippen molar-refractivity contribution in [2.45, 2.75) is 6.92 Å². The summed E-state index contributed by atoms with van der Waals surface area (Å²) < 4.78 is 0. The minimum absolute atomic E-state index is 0.563. The average molecular weight is 161 g/mol. The largest absolute Gasteiger partial charge is 0.297 e. The summed E-state index contributed by atoms with van der Waals surface area (Å²) in [6, 6.07) is 1.79. The van der Waals surface area contributed by atoms with Crippen molar-refractivity contribution in [1.29, 1.82) is 0 Å². The van der Waals surface area contributed by atoms with Crippen LogP contribution in [0, 0.1) is 6.92 Å². The van der Waals surface area contributed by atoms with Crippen LogP contribution in [0.3, 0.4) is 0 Å². The molecule has 0 saturated carbocycles. The van der Waals surface area contributed by atoms with E-state index in [1.807, 2.05) is 6.92 Å². The first kappa shape index (κ1) is 6.78. The predicted octanol–water partition coefficient (Wildman–Crippen LogP) is 2.52. The summed E-state index contributed by atoms with van der Waals surface area (Å²) in [4.78, 5) is 11.9. The molecule has 0 saturated heterocycles. The number of thiophene rings is 1. The summed E-state index contributed by atoms with van der Waals surface area (Å²) in [6.45, 7) is 1.92. The molecule has 0 unspecified atom stereocenters. The lowest BCUT2D eigenvalue weighted by molar-refractivity contribution is 0.112. The molecule has 0 aromatic carbocycles. The lowest BCUT2D eigenvalue weighted by Crippen LogP contribution is -1.66. The molecule has 1 aromatic rings. The van der Waals surface area contributed by atoms with Gasteiger partial charge in [-0.05, 0) is 13.0 Å². The third-order valence-electron chi connectivity index (χ3n) is 0.943. The van der Waals surface area contributed by atoms with Gasteiger partial charge in [-0.15, -0.1) is 11.3 Å². The van der Waals surface area contributed by atoms with Gasteiger partial charge in [0.25, 0.3) is 0 Å². The van der Waals surface area contributed by atoms with Crippen molar-refractivity contribution in [2.75, 3.05) is 0 Å². The maximum atomic E-state index is 10.2. The summed E-state index contributed by atoms with van der Waals surface area (Å²) in [6.07, 6.45) is 0.778. The fourth-order valence-electron chi connectivity index (χ4n) is 0.582. The Morgan fingerprint density at radius 2 is 2.44 bits per heavy atom. The number of halogens is 1. The van der Waals surface area contributed by atoms with Crippen LogP contribution in [0.1, 0.15) is 14.5 Å². The van der Waals surface area contributed by atoms with E-state index < -0.39 is 0 Å². The van der Waals surface area contributed by atoms with E-state index in [2.05, 4.69) is 0 Å². The molecule has 1 heterocycles. The Morgan fingerprint density at radius 1 is 1.78 bits per heavy atom. The second-order valence-electron chi connectivity index (χ2n) is 1.69. The van der Waals surface area contributed by atoms with Gasteiger partial charge in [-0.25, -0.2) is 0 Å². The number of carbonyl (C=O) groups excluding carboxylic acids is 1. The van der Waals surface area contributed by atoms with Gasteiger partial charge in [-0.2, -0.15) is 0 Å². The molecule has 3 heteroatoms. The highest BCUT2D eigenvalue weighted by Crippen LogP contribution is 2.23. The van der Waals surface area contributed by atoms with Gasteiger partial charge < -0.3 is 0 Å². The molecule has 1 aromatic heterocycles. The molecule has 0 spiro atoms. The Balaban J connectivity index is 3.15. The van der Waals surface area contributed by atoms with Crippen LogP contribution < -0.4 is 0 Å².